The Morgan fingerprint density at radius 3 is 2.17 bits per heavy atom. The second-order valence-corrected chi connectivity index (χ2v) is 9.57. The van der Waals surface area contributed by atoms with Gasteiger partial charge in [-0.05, 0) is 65.4 Å². The number of halogens is 1. The van der Waals surface area contributed by atoms with Gasteiger partial charge in [0.25, 0.3) is 0 Å². The van der Waals surface area contributed by atoms with Crippen LogP contribution in [0.1, 0.15) is 43.2 Å². The van der Waals surface area contributed by atoms with Gasteiger partial charge in [0.1, 0.15) is 0 Å². The van der Waals surface area contributed by atoms with Crippen LogP contribution in [0.5, 0.6) is 0 Å². The van der Waals surface area contributed by atoms with Crippen LogP contribution in [0.15, 0.2) is 78.9 Å². The molecule has 182 valence electrons. The Morgan fingerprint density at radius 2 is 1.54 bits per heavy atom. The van der Waals surface area contributed by atoms with Crippen molar-refractivity contribution in [1.82, 2.24) is 4.90 Å². The Morgan fingerprint density at radius 1 is 0.914 bits per heavy atom. The molecule has 0 spiro atoms. The highest BCUT2D eigenvalue weighted by molar-refractivity contribution is 6.30. The van der Waals surface area contributed by atoms with Gasteiger partial charge < -0.3 is 10.4 Å². The van der Waals surface area contributed by atoms with Crippen molar-refractivity contribution in [2.45, 2.75) is 44.7 Å². The van der Waals surface area contributed by atoms with Gasteiger partial charge in [-0.15, -0.1) is 0 Å². The Labute approximate surface area is 213 Å². The lowest BCUT2D eigenvalue weighted by Gasteiger charge is -2.34. The quantitative estimate of drug-likeness (QED) is 0.326. The summed E-state index contributed by atoms with van der Waals surface area (Å²) in [5.41, 5.74) is 5.10. The molecule has 1 aliphatic rings. The second-order valence-electron chi connectivity index (χ2n) is 9.13. The van der Waals surface area contributed by atoms with Crippen molar-refractivity contribution in [3.8, 4) is 11.1 Å². The highest BCUT2D eigenvalue weighted by atomic mass is 35.5. The van der Waals surface area contributed by atoms with E-state index in [1.54, 1.807) is 6.08 Å². The van der Waals surface area contributed by atoms with Crippen LogP contribution in [0.2, 0.25) is 5.02 Å². The Balaban J connectivity index is 1.30. The van der Waals surface area contributed by atoms with Crippen molar-refractivity contribution in [3.05, 3.63) is 95.0 Å². The molecule has 4 rings (SSSR count). The first-order chi connectivity index (χ1) is 17.1. The van der Waals surface area contributed by atoms with Gasteiger partial charge in [-0.25, -0.2) is 0 Å². The zero-order valence-electron chi connectivity index (χ0n) is 20.0. The summed E-state index contributed by atoms with van der Waals surface area (Å²) in [7, 11) is 0. The van der Waals surface area contributed by atoms with Crippen LogP contribution in [0, 0.1) is 0 Å². The van der Waals surface area contributed by atoms with Crippen molar-refractivity contribution < 1.29 is 9.90 Å². The van der Waals surface area contributed by atoms with E-state index in [1.165, 1.54) is 37.7 Å². The predicted octanol–water partition coefficient (Wildman–Crippen LogP) is 6.79. The zero-order valence-corrected chi connectivity index (χ0v) is 20.8. The van der Waals surface area contributed by atoms with Crippen molar-refractivity contribution in [2.24, 2.45) is 0 Å². The van der Waals surface area contributed by atoms with Gasteiger partial charge in [0.2, 0.25) is 5.91 Å². The van der Waals surface area contributed by atoms with Crippen LogP contribution in [-0.2, 0) is 11.3 Å². The van der Waals surface area contributed by atoms with Crippen LogP contribution in [-0.4, -0.2) is 35.1 Å². The average molecular weight is 489 g/mol. The number of carbonyl (C=O) groups excluding carboxylic acids is 1. The fraction of sp³-hybridized carbons (Fsp3) is 0.300. The molecular weight excluding hydrogens is 456 g/mol. The Kier molecular flexibility index (Phi) is 9.13. The van der Waals surface area contributed by atoms with E-state index >= 15 is 0 Å². The smallest absolute Gasteiger partial charge is 0.248 e. The summed E-state index contributed by atoms with van der Waals surface area (Å²) in [6.45, 7) is 1.76. The van der Waals surface area contributed by atoms with Gasteiger partial charge in [-0.1, -0.05) is 79.4 Å². The number of anilines is 1. The van der Waals surface area contributed by atoms with E-state index in [-0.39, 0.29) is 12.5 Å². The van der Waals surface area contributed by atoms with Crippen LogP contribution >= 0.6 is 11.6 Å². The van der Waals surface area contributed by atoms with Crippen LogP contribution < -0.4 is 5.32 Å². The molecule has 1 amide bonds. The van der Waals surface area contributed by atoms with Crippen molar-refractivity contribution in [3.63, 3.8) is 0 Å². The lowest BCUT2D eigenvalue weighted by atomic mass is 9.94. The van der Waals surface area contributed by atoms with Gasteiger partial charge >= 0.3 is 0 Å². The van der Waals surface area contributed by atoms with Crippen molar-refractivity contribution in [2.75, 3.05) is 18.5 Å². The van der Waals surface area contributed by atoms with Gasteiger partial charge in [-0.3, -0.25) is 9.69 Å². The maximum absolute atomic E-state index is 12.4. The lowest BCUT2D eigenvalue weighted by molar-refractivity contribution is -0.111. The first kappa shape index (κ1) is 25.2. The Bertz CT molecular complexity index is 1100. The fourth-order valence-electron chi connectivity index (χ4n) is 4.68. The molecule has 0 radical (unpaired) electrons. The lowest BCUT2D eigenvalue weighted by Crippen LogP contribution is -2.38. The van der Waals surface area contributed by atoms with Crippen LogP contribution in [0.3, 0.4) is 0 Å². The molecule has 1 aliphatic carbocycles. The van der Waals surface area contributed by atoms with Gasteiger partial charge in [0.05, 0.1) is 6.61 Å². The molecule has 2 N–H and O–H groups in total. The Hall–Kier alpha value is -2.92. The standard InChI is InChI=1S/C30H33ClN2O2/c31-27-15-11-25(12-16-27)26-13-17-28(18-14-26)32-30(35)19-10-23-6-8-24(9-7-23)22-33(20-21-34)29-4-2-1-3-5-29/h6-19,29,34H,1-5,20-22H2,(H,32,35)/b19-10+. The minimum atomic E-state index is -0.167. The molecule has 3 aromatic carbocycles. The maximum Gasteiger partial charge on any atom is 0.248 e. The summed E-state index contributed by atoms with van der Waals surface area (Å²) in [5, 5.41) is 13.1. The molecule has 4 nitrogen and oxygen atoms in total. The topological polar surface area (TPSA) is 52.6 Å². The van der Waals surface area contributed by atoms with E-state index in [9.17, 15) is 9.90 Å². The van der Waals surface area contributed by atoms with Gasteiger partial charge in [0, 0.05) is 35.9 Å². The maximum atomic E-state index is 12.4. The SMILES string of the molecule is O=C(/C=C/c1ccc(CN(CCO)C2CCCCC2)cc1)Nc1ccc(-c2ccc(Cl)cc2)cc1. The van der Waals surface area contributed by atoms with Gasteiger partial charge in [0.15, 0.2) is 0 Å². The zero-order chi connectivity index (χ0) is 24.5. The van der Waals surface area contributed by atoms with E-state index in [1.807, 2.05) is 66.7 Å². The molecule has 1 fully saturated rings. The number of hydrogen-bond donors (Lipinski definition) is 2. The first-order valence-electron chi connectivity index (χ1n) is 12.4. The monoisotopic (exact) mass is 488 g/mol. The number of carbonyl (C=O) groups is 1. The first-order valence-corrected chi connectivity index (χ1v) is 12.8. The number of nitrogens with one attached hydrogen (secondary N) is 1. The van der Waals surface area contributed by atoms with Gasteiger partial charge in [-0.2, -0.15) is 0 Å². The largest absolute Gasteiger partial charge is 0.395 e. The number of aliphatic hydroxyl groups excluding tert-OH is 1. The average Bonchev–Trinajstić information content (AvgIpc) is 2.89. The molecule has 0 aliphatic heterocycles. The number of amides is 1. The fourth-order valence-corrected chi connectivity index (χ4v) is 4.80. The van der Waals surface area contributed by atoms with Crippen molar-refractivity contribution >= 4 is 29.3 Å². The van der Waals surface area contributed by atoms with E-state index in [0.29, 0.717) is 17.6 Å². The summed E-state index contributed by atoms with van der Waals surface area (Å²) in [6, 6.07) is 24.3. The molecule has 3 aromatic rings. The molecular formula is C30H33ClN2O2. The summed E-state index contributed by atoms with van der Waals surface area (Å²) in [5.74, 6) is -0.167. The molecule has 1 saturated carbocycles. The third kappa shape index (κ3) is 7.53. The van der Waals surface area contributed by atoms with E-state index < -0.39 is 0 Å². The molecule has 0 aromatic heterocycles. The number of aliphatic hydroxyl groups is 1. The third-order valence-corrected chi connectivity index (χ3v) is 6.85. The second kappa shape index (κ2) is 12.7. The number of nitrogens with zero attached hydrogens (tertiary/aromatic N) is 1. The normalized spacial score (nSPS) is 14.5. The molecule has 5 heteroatoms. The summed E-state index contributed by atoms with van der Waals surface area (Å²) in [4.78, 5) is 14.8. The molecule has 0 saturated heterocycles. The highest BCUT2D eigenvalue weighted by Gasteiger charge is 2.20. The highest BCUT2D eigenvalue weighted by Crippen LogP contribution is 2.25. The number of hydrogen-bond acceptors (Lipinski definition) is 3. The third-order valence-electron chi connectivity index (χ3n) is 6.60. The minimum Gasteiger partial charge on any atom is -0.395 e. The summed E-state index contributed by atoms with van der Waals surface area (Å²) < 4.78 is 0. The van der Waals surface area contributed by atoms with Crippen LogP contribution in [0.4, 0.5) is 5.69 Å². The summed E-state index contributed by atoms with van der Waals surface area (Å²) >= 11 is 5.96. The molecule has 0 atom stereocenters. The molecule has 0 heterocycles. The summed E-state index contributed by atoms with van der Waals surface area (Å²) in [6.07, 6.45) is 9.72. The minimum absolute atomic E-state index is 0.167. The molecule has 0 unspecified atom stereocenters. The van der Waals surface area contributed by atoms with Crippen molar-refractivity contribution in [1.29, 1.82) is 0 Å². The number of rotatable bonds is 9. The molecule has 0 bridgehead atoms. The number of benzene rings is 3. The molecule has 35 heavy (non-hydrogen) atoms. The predicted molar refractivity (Wildman–Crippen MR) is 145 cm³/mol. The van der Waals surface area contributed by atoms with E-state index in [4.69, 9.17) is 11.6 Å². The van der Waals surface area contributed by atoms with E-state index in [2.05, 4.69) is 22.3 Å². The van der Waals surface area contributed by atoms with Crippen LogP contribution in [0.25, 0.3) is 17.2 Å². The van der Waals surface area contributed by atoms with E-state index in [0.717, 1.165) is 28.9 Å².